The zero-order valence-corrected chi connectivity index (χ0v) is 22.4. The van der Waals surface area contributed by atoms with E-state index in [1.807, 2.05) is 4.90 Å². The maximum Gasteiger partial charge on any atom is 1.00 e. The van der Waals surface area contributed by atoms with E-state index >= 15 is 0 Å². The predicted molar refractivity (Wildman–Crippen MR) is 112 cm³/mol. The molecule has 1 amide bonds. The van der Waals surface area contributed by atoms with Crippen molar-refractivity contribution >= 4 is 24.4 Å². The first kappa shape index (κ1) is 28.1. The Hall–Kier alpha value is -0.909. The van der Waals surface area contributed by atoms with Crippen LogP contribution in [0.3, 0.4) is 0 Å². The van der Waals surface area contributed by atoms with E-state index in [0.717, 1.165) is 0 Å². The molecule has 1 fully saturated rings. The van der Waals surface area contributed by atoms with Crippen molar-refractivity contribution in [1.82, 2.24) is 4.90 Å². The second kappa shape index (κ2) is 10.8. The van der Waals surface area contributed by atoms with Crippen LogP contribution in [0.15, 0.2) is 5.11 Å². The number of nitrogens with zero attached hydrogens (tertiary/aromatic N) is 5. The summed E-state index contributed by atoms with van der Waals surface area (Å²) in [6.45, 7) is 6.97. The van der Waals surface area contributed by atoms with Gasteiger partial charge in [0.25, 0.3) is 0 Å². The molecule has 0 atom stereocenters. The van der Waals surface area contributed by atoms with Crippen LogP contribution in [0.2, 0.25) is 0 Å². The molecule has 1 aliphatic rings. The number of benzene rings is 1. The number of azide groups is 1. The number of rotatable bonds is 4. The van der Waals surface area contributed by atoms with Crippen molar-refractivity contribution in [2.45, 2.75) is 53.5 Å². The third-order valence-corrected chi connectivity index (χ3v) is 5.15. The van der Waals surface area contributed by atoms with Gasteiger partial charge in [-0.3, -0.25) is 0 Å². The summed E-state index contributed by atoms with van der Waals surface area (Å²) in [6, 6.07) is 0. The molecule has 0 unspecified atom stereocenters. The Morgan fingerprint density at radius 1 is 1.10 bits per heavy atom. The molecule has 1 heterocycles. The molecular formula is C19H28BF3KN5O2. The number of ether oxygens (including phenoxy) is 1. The van der Waals surface area contributed by atoms with Crippen LogP contribution < -0.4 is 56.3 Å². The standard InChI is InChI=1S/C19H28BF3N5O2.K/c1-12-15(11-20(21,22)23)13(2)17(14(3)16(12)25-26-24)27-7-9-28(10-8-27)18(29)30-19(4,5)6;/h7-11H2,1-6H3;/q-1;+1. The Morgan fingerprint density at radius 2 is 1.65 bits per heavy atom. The number of amides is 1. The number of anilines is 1. The molecule has 0 spiro atoms. The molecule has 166 valence electrons. The number of carbonyl (C=O) groups excluding carboxylic acids is 1. The fraction of sp³-hybridized carbons (Fsp3) is 0.632. The first-order chi connectivity index (χ1) is 13.7. The Balaban J connectivity index is 0.00000480. The molecule has 0 bridgehead atoms. The average molecular weight is 465 g/mol. The number of hydrogen-bond donors (Lipinski definition) is 0. The summed E-state index contributed by atoms with van der Waals surface area (Å²) in [5.41, 5.74) is 10.9. The first-order valence-electron chi connectivity index (χ1n) is 9.86. The van der Waals surface area contributed by atoms with Crippen LogP contribution in [0.1, 0.15) is 43.0 Å². The van der Waals surface area contributed by atoms with E-state index in [1.165, 1.54) is 0 Å². The molecule has 1 aromatic rings. The summed E-state index contributed by atoms with van der Waals surface area (Å²) in [6.07, 6.45) is -1.44. The Morgan fingerprint density at radius 3 is 2.10 bits per heavy atom. The first-order valence-corrected chi connectivity index (χ1v) is 9.86. The van der Waals surface area contributed by atoms with E-state index in [4.69, 9.17) is 10.3 Å². The third-order valence-electron chi connectivity index (χ3n) is 5.15. The minimum Gasteiger partial charge on any atom is -0.449 e. The van der Waals surface area contributed by atoms with Crippen LogP contribution in [0.4, 0.5) is 29.1 Å². The van der Waals surface area contributed by atoms with Crippen LogP contribution in [0, 0.1) is 20.8 Å². The molecular weight excluding hydrogens is 437 g/mol. The smallest absolute Gasteiger partial charge is 0.449 e. The minimum absolute atomic E-state index is 0. The molecule has 1 saturated heterocycles. The minimum atomic E-state index is -5.05. The zero-order chi connectivity index (χ0) is 22.9. The summed E-state index contributed by atoms with van der Waals surface area (Å²) in [7, 11) is 0. The maximum absolute atomic E-state index is 13.3. The molecule has 0 N–H and O–H groups in total. The van der Waals surface area contributed by atoms with Gasteiger partial charge in [-0.2, -0.15) is 0 Å². The van der Waals surface area contributed by atoms with Crippen LogP contribution >= 0.6 is 0 Å². The molecule has 7 nitrogen and oxygen atoms in total. The van der Waals surface area contributed by atoms with E-state index < -0.39 is 25.0 Å². The quantitative estimate of drug-likeness (QED) is 0.297. The monoisotopic (exact) mass is 465 g/mol. The second-order valence-electron chi connectivity index (χ2n) is 8.61. The molecule has 12 heteroatoms. The van der Waals surface area contributed by atoms with Gasteiger partial charge in [-0.1, -0.05) is 17.0 Å². The van der Waals surface area contributed by atoms with E-state index in [1.54, 1.807) is 46.4 Å². The van der Waals surface area contributed by atoms with Crippen molar-refractivity contribution < 1.29 is 73.9 Å². The molecule has 0 radical (unpaired) electrons. The van der Waals surface area contributed by atoms with Gasteiger partial charge in [-0.25, -0.2) is 4.79 Å². The van der Waals surface area contributed by atoms with Gasteiger partial charge in [-0.05, 0) is 63.8 Å². The van der Waals surface area contributed by atoms with Crippen molar-refractivity contribution in [3.8, 4) is 0 Å². The molecule has 0 aliphatic carbocycles. The fourth-order valence-corrected chi connectivity index (χ4v) is 3.89. The van der Waals surface area contributed by atoms with Crippen molar-refractivity contribution in [3.05, 3.63) is 32.7 Å². The molecule has 0 aromatic heterocycles. The Kier molecular flexibility index (Phi) is 9.80. The molecule has 2 rings (SSSR count). The zero-order valence-electron chi connectivity index (χ0n) is 19.3. The van der Waals surface area contributed by atoms with Crippen molar-refractivity contribution in [3.63, 3.8) is 0 Å². The number of piperazine rings is 1. The fourth-order valence-electron chi connectivity index (χ4n) is 3.89. The molecule has 1 aromatic carbocycles. The van der Waals surface area contributed by atoms with Gasteiger partial charge < -0.3 is 27.5 Å². The number of carbonyl (C=O) groups is 1. The van der Waals surface area contributed by atoms with Gasteiger partial charge in [0.05, 0.1) is 0 Å². The summed E-state index contributed by atoms with van der Waals surface area (Å²) >= 11 is 0. The van der Waals surface area contributed by atoms with Crippen molar-refractivity contribution in [2.24, 2.45) is 5.11 Å². The summed E-state index contributed by atoms with van der Waals surface area (Å²) < 4.78 is 45.2. The van der Waals surface area contributed by atoms with E-state index in [0.29, 0.717) is 48.6 Å². The molecule has 0 saturated carbocycles. The van der Waals surface area contributed by atoms with Gasteiger partial charge in [0.2, 0.25) is 0 Å². The third kappa shape index (κ3) is 7.30. The molecule has 1 aliphatic heterocycles. The second-order valence-corrected chi connectivity index (χ2v) is 8.61. The predicted octanol–water partition coefficient (Wildman–Crippen LogP) is 2.54. The van der Waals surface area contributed by atoms with Crippen LogP contribution in [0.5, 0.6) is 0 Å². The van der Waals surface area contributed by atoms with Gasteiger partial charge in [-0.15, -0.1) is 0 Å². The maximum atomic E-state index is 13.3. The summed E-state index contributed by atoms with van der Waals surface area (Å²) in [5.74, 6) is 0. The summed E-state index contributed by atoms with van der Waals surface area (Å²) in [4.78, 5) is 18.6. The number of hydrogen-bond acceptors (Lipinski definition) is 4. The van der Waals surface area contributed by atoms with Gasteiger partial charge in [0, 0.05) is 42.5 Å². The van der Waals surface area contributed by atoms with Crippen LogP contribution in [0.25, 0.3) is 10.4 Å². The molecule has 31 heavy (non-hydrogen) atoms. The average Bonchev–Trinajstić information content (AvgIpc) is 2.61. The largest absolute Gasteiger partial charge is 1.00 e. The van der Waals surface area contributed by atoms with Crippen LogP contribution in [-0.4, -0.2) is 49.8 Å². The van der Waals surface area contributed by atoms with Crippen molar-refractivity contribution in [2.75, 3.05) is 31.1 Å². The van der Waals surface area contributed by atoms with E-state index in [9.17, 15) is 17.7 Å². The van der Waals surface area contributed by atoms with Gasteiger partial charge in [0.1, 0.15) is 5.60 Å². The Bertz CT molecular complexity index is 875. The van der Waals surface area contributed by atoms with E-state index in [-0.39, 0.29) is 62.6 Å². The number of halogens is 3. The van der Waals surface area contributed by atoms with Crippen LogP contribution in [-0.2, 0) is 11.1 Å². The normalized spacial score (nSPS) is 14.6. The van der Waals surface area contributed by atoms with E-state index in [2.05, 4.69) is 10.0 Å². The summed E-state index contributed by atoms with van der Waals surface area (Å²) in [5, 5.41) is 3.69. The SMILES string of the molecule is Cc1c(C[B-](F)(F)F)c(C)c(N2CCN(C(=O)OC(C)(C)C)CC2)c(C)c1N=[N+]=[N-].[K+]. The topological polar surface area (TPSA) is 81.5 Å². The van der Waals surface area contributed by atoms with Crippen molar-refractivity contribution in [1.29, 1.82) is 0 Å². The van der Waals surface area contributed by atoms with Gasteiger partial charge >= 0.3 is 64.5 Å². The van der Waals surface area contributed by atoms with Gasteiger partial charge in [0.15, 0.2) is 0 Å². The Labute approximate surface area is 223 Å².